The Bertz CT molecular complexity index is 595. The molecule has 0 atom stereocenters. The van der Waals surface area contributed by atoms with E-state index in [1.807, 2.05) is 23.4 Å². The first kappa shape index (κ1) is 13.6. The molecule has 0 radical (unpaired) electrons. The fourth-order valence-electron chi connectivity index (χ4n) is 1.71. The number of aliphatic hydroxyl groups is 1. The van der Waals surface area contributed by atoms with Gasteiger partial charge in [-0.1, -0.05) is 11.8 Å². The summed E-state index contributed by atoms with van der Waals surface area (Å²) in [6.07, 6.45) is 0. The Morgan fingerprint density at radius 2 is 2.00 bits per heavy atom. The summed E-state index contributed by atoms with van der Waals surface area (Å²) in [6, 6.07) is 8.35. The van der Waals surface area contributed by atoms with Crippen LogP contribution < -0.4 is 4.90 Å². The Morgan fingerprint density at radius 1 is 1.26 bits per heavy atom. The highest BCUT2D eigenvalue weighted by Gasteiger charge is 2.07. The summed E-state index contributed by atoms with van der Waals surface area (Å²) in [5.41, 5.74) is 1.89. The number of aliphatic hydroxyl groups excluding tert-OH is 1. The molecule has 1 aromatic carbocycles. The number of thiophene rings is 1. The van der Waals surface area contributed by atoms with E-state index in [1.54, 1.807) is 23.5 Å². The van der Waals surface area contributed by atoms with Gasteiger partial charge in [-0.05, 0) is 35.7 Å². The predicted molar refractivity (Wildman–Crippen MR) is 76.8 cm³/mol. The van der Waals surface area contributed by atoms with Gasteiger partial charge < -0.3 is 10.0 Å². The zero-order valence-corrected chi connectivity index (χ0v) is 11.4. The second-order valence-corrected chi connectivity index (χ2v) is 5.05. The van der Waals surface area contributed by atoms with Crippen LogP contribution in [0.3, 0.4) is 0 Å². The first-order chi connectivity index (χ1) is 9.20. The van der Waals surface area contributed by atoms with Crippen LogP contribution in [-0.4, -0.2) is 18.8 Å². The van der Waals surface area contributed by atoms with E-state index < -0.39 is 0 Å². The predicted octanol–water partition coefficient (Wildman–Crippen LogP) is 2.87. The molecule has 0 bridgehead atoms. The number of hydrogen-bond donors (Lipinski definition) is 1. The summed E-state index contributed by atoms with van der Waals surface area (Å²) in [5, 5.41) is 10.7. The van der Waals surface area contributed by atoms with Crippen molar-refractivity contribution in [2.75, 3.05) is 18.6 Å². The molecular formula is C15H14FNOS. The average molecular weight is 275 g/mol. The van der Waals surface area contributed by atoms with E-state index >= 15 is 0 Å². The third kappa shape index (κ3) is 3.57. The summed E-state index contributed by atoms with van der Waals surface area (Å²) in [4.78, 5) is 3.17. The lowest BCUT2D eigenvalue weighted by Gasteiger charge is -2.18. The van der Waals surface area contributed by atoms with Gasteiger partial charge in [0.15, 0.2) is 0 Å². The van der Waals surface area contributed by atoms with Gasteiger partial charge in [0.2, 0.25) is 0 Å². The maximum absolute atomic E-state index is 12.9. The van der Waals surface area contributed by atoms with Crippen molar-refractivity contribution in [3.05, 3.63) is 52.0 Å². The minimum Gasteiger partial charge on any atom is -0.384 e. The highest BCUT2D eigenvalue weighted by molar-refractivity contribution is 7.10. The zero-order chi connectivity index (χ0) is 13.7. The van der Waals surface area contributed by atoms with Crippen molar-refractivity contribution in [3.8, 4) is 11.8 Å². The van der Waals surface area contributed by atoms with E-state index in [0.29, 0.717) is 6.54 Å². The minimum atomic E-state index is -0.234. The Labute approximate surface area is 116 Å². The Morgan fingerprint density at radius 3 is 2.68 bits per heavy atom. The molecule has 0 saturated heterocycles. The fraction of sp³-hybridized carbons (Fsp3) is 0.200. The molecule has 2 rings (SSSR count). The van der Waals surface area contributed by atoms with Crippen LogP contribution in [0.1, 0.15) is 10.4 Å². The van der Waals surface area contributed by atoms with Crippen molar-refractivity contribution in [1.82, 2.24) is 0 Å². The van der Waals surface area contributed by atoms with Crippen molar-refractivity contribution < 1.29 is 9.50 Å². The molecule has 1 heterocycles. The number of benzene rings is 1. The second-order valence-electron chi connectivity index (χ2n) is 4.05. The van der Waals surface area contributed by atoms with E-state index in [2.05, 4.69) is 11.8 Å². The molecule has 1 aromatic heterocycles. The topological polar surface area (TPSA) is 23.5 Å². The Kier molecular flexibility index (Phi) is 4.56. The average Bonchev–Trinajstić information content (AvgIpc) is 2.84. The molecule has 0 saturated carbocycles. The molecule has 2 aromatic rings. The van der Waals surface area contributed by atoms with Crippen molar-refractivity contribution in [1.29, 1.82) is 0 Å². The van der Waals surface area contributed by atoms with Gasteiger partial charge in [0.05, 0.1) is 6.54 Å². The monoisotopic (exact) mass is 275 g/mol. The van der Waals surface area contributed by atoms with Crippen molar-refractivity contribution in [2.24, 2.45) is 0 Å². The van der Waals surface area contributed by atoms with Gasteiger partial charge in [-0.15, -0.1) is 11.3 Å². The molecule has 0 amide bonds. The highest BCUT2D eigenvalue weighted by atomic mass is 32.1. The van der Waals surface area contributed by atoms with E-state index in [1.165, 1.54) is 12.1 Å². The van der Waals surface area contributed by atoms with Gasteiger partial charge in [-0.2, -0.15) is 0 Å². The lowest BCUT2D eigenvalue weighted by Crippen LogP contribution is -2.16. The molecule has 0 spiro atoms. The first-order valence-corrected chi connectivity index (χ1v) is 6.71. The quantitative estimate of drug-likeness (QED) is 0.871. The molecule has 1 N–H and O–H groups in total. The normalized spacial score (nSPS) is 9.84. The van der Waals surface area contributed by atoms with Crippen molar-refractivity contribution >= 4 is 17.0 Å². The summed E-state index contributed by atoms with van der Waals surface area (Å²) >= 11 is 1.63. The minimum absolute atomic E-state index is 0.136. The van der Waals surface area contributed by atoms with Gasteiger partial charge in [-0.25, -0.2) is 4.39 Å². The first-order valence-electron chi connectivity index (χ1n) is 5.83. The summed E-state index contributed by atoms with van der Waals surface area (Å²) in [5.74, 6) is 5.35. The largest absolute Gasteiger partial charge is 0.384 e. The molecule has 98 valence electrons. The number of anilines is 1. The van der Waals surface area contributed by atoms with Crippen LogP contribution in [0, 0.1) is 17.7 Å². The van der Waals surface area contributed by atoms with Gasteiger partial charge in [0, 0.05) is 23.2 Å². The standard InChI is InChI=1S/C15H14FNOS/c1-17(14-6-4-13(16)5-7-14)11-15-12(3-2-9-18)8-10-19-15/h4-8,10,18H,9,11H2,1H3. The van der Waals surface area contributed by atoms with Gasteiger partial charge in [0.1, 0.15) is 12.4 Å². The zero-order valence-electron chi connectivity index (χ0n) is 10.6. The van der Waals surface area contributed by atoms with Crippen LogP contribution in [0.25, 0.3) is 0 Å². The third-order valence-corrected chi connectivity index (χ3v) is 3.60. The molecule has 0 aliphatic heterocycles. The summed E-state index contributed by atoms with van der Waals surface area (Å²) in [7, 11) is 1.95. The molecule has 4 heteroatoms. The van der Waals surface area contributed by atoms with Crippen LogP contribution in [0.5, 0.6) is 0 Å². The number of halogens is 1. The van der Waals surface area contributed by atoms with Crippen LogP contribution >= 0.6 is 11.3 Å². The maximum Gasteiger partial charge on any atom is 0.123 e. The van der Waals surface area contributed by atoms with Crippen molar-refractivity contribution in [3.63, 3.8) is 0 Å². The molecule has 0 fully saturated rings. The third-order valence-electron chi connectivity index (χ3n) is 2.70. The van der Waals surface area contributed by atoms with Gasteiger partial charge in [0.25, 0.3) is 0 Å². The van der Waals surface area contributed by atoms with Crippen LogP contribution in [-0.2, 0) is 6.54 Å². The smallest absolute Gasteiger partial charge is 0.123 e. The number of rotatable bonds is 3. The van der Waals surface area contributed by atoms with Crippen LogP contribution in [0.2, 0.25) is 0 Å². The Balaban J connectivity index is 2.12. The second kappa shape index (κ2) is 6.37. The lowest BCUT2D eigenvalue weighted by atomic mass is 10.2. The summed E-state index contributed by atoms with van der Waals surface area (Å²) in [6.45, 7) is 0.571. The van der Waals surface area contributed by atoms with Gasteiger partial charge in [-0.3, -0.25) is 0 Å². The number of nitrogens with zero attached hydrogens (tertiary/aromatic N) is 1. The SMILES string of the molecule is CN(Cc1sccc1C#CCO)c1ccc(F)cc1. The van der Waals surface area contributed by atoms with Crippen LogP contribution in [0.4, 0.5) is 10.1 Å². The van der Waals surface area contributed by atoms with Crippen LogP contribution in [0.15, 0.2) is 35.7 Å². The lowest BCUT2D eigenvalue weighted by molar-refractivity contribution is 0.350. The molecule has 2 nitrogen and oxygen atoms in total. The van der Waals surface area contributed by atoms with Crippen molar-refractivity contribution in [2.45, 2.75) is 6.54 Å². The molecule has 0 aliphatic carbocycles. The van der Waals surface area contributed by atoms with Gasteiger partial charge >= 0.3 is 0 Å². The Hall–Kier alpha value is -1.83. The van der Waals surface area contributed by atoms with E-state index in [-0.39, 0.29) is 12.4 Å². The molecule has 0 aliphatic rings. The maximum atomic E-state index is 12.9. The highest BCUT2D eigenvalue weighted by Crippen LogP contribution is 2.21. The molecule has 0 unspecified atom stereocenters. The molecule has 19 heavy (non-hydrogen) atoms. The molecular weight excluding hydrogens is 261 g/mol. The summed E-state index contributed by atoms with van der Waals surface area (Å²) < 4.78 is 12.9. The van der Waals surface area contributed by atoms with E-state index in [0.717, 1.165) is 16.1 Å². The fourth-order valence-corrected chi connectivity index (χ4v) is 2.59. The number of hydrogen-bond acceptors (Lipinski definition) is 3. The van der Waals surface area contributed by atoms with E-state index in [4.69, 9.17) is 5.11 Å². The van der Waals surface area contributed by atoms with E-state index in [9.17, 15) is 4.39 Å².